The summed E-state index contributed by atoms with van der Waals surface area (Å²) in [6.45, 7) is 14.3. The molecular weight excluding hydrogens is 256 g/mol. The van der Waals surface area contributed by atoms with Crippen LogP contribution in [0.15, 0.2) is 55.1 Å². The zero-order valence-electron chi connectivity index (χ0n) is 13.3. The van der Waals surface area contributed by atoms with Crippen molar-refractivity contribution in [1.29, 1.82) is 0 Å². The first kappa shape index (κ1) is 16.0. The van der Waals surface area contributed by atoms with Crippen LogP contribution in [0.4, 0.5) is 0 Å². The maximum atomic E-state index is 4.00. The Morgan fingerprint density at radius 3 is 2.52 bits per heavy atom. The van der Waals surface area contributed by atoms with E-state index >= 15 is 0 Å². The average Bonchev–Trinajstić information content (AvgIpc) is 2.49. The third-order valence-corrected chi connectivity index (χ3v) is 4.36. The molecule has 114 valence electrons. The van der Waals surface area contributed by atoms with Gasteiger partial charge in [0.25, 0.3) is 0 Å². The molecule has 1 saturated heterocycles. The fraction of sp³-hybridized carbons (Fsp3) is 0.474. The highest BCUT2D eigenvalue weighted by atomic mass is 15.2. The van der Waals surface area contributed by atoms with Gasteiger partial charge < -0.3 is 5.32 Å². The van der Waals surface area contributed by atoms with E-state index in [1.807, 2.05) is 0 Å². The van der Waals surface area contributed by atoms with Gasteiger partial charge in [0.05, 0.1) is 0 Å². The Bertz CT molecular complexity index is 456. The lowest BCUT2D eigenvalue weighted by Gasteiger charge is -2.42. The quantitative estimate of drug-likeness (QED) is 0.767. The number of nitrogens with zero attached hydrogens (tertiary/aromatic N) is 1. The lowest BCUT2D eigenvalue weighted by atomic mass is 9.84. The number of benzene rings is 1. The van der Waals surface area contributed by atoms with Crippen LogP contribution in [-0.4, -0.2) is 30.1 Å². The third kappa shape index (κ3) is 4.83. The minimum atomic E-state index is 0.216. The number of hydrogen-bond acceptors (Lipinski definition) is 2. The molecule has 2 nitrogen and oxygen atoms in total. The van der Waals surface area contributed by atoms with E-state index in [2.05, 4.69) is 66.7 Å². The second-order valence-corrected chi connectivity index (χ2v) is 6.35. The van der Waals surface area contributed by atoms with E-state index < -0.39 is 0 Å². The summed E-state index contributed by atoms with van der Waals surface area (Å²) in [7, 11) is 0. The van der Waals surface area contributed by atoms with Gasteiger partial charge in [-0.25, -0.2) is 0 Å². The molecule has 0 spiro atoms. The van der Waals surface area contributed by atoms with E-state index in [9.17, 15) is 0 Å². The molecule has 2 heteroatoms. The van der Waals surface area contributed by atoms with E-state index in [0.29, 0.717) is 0 Å². The molecule has 1 aromatic carbocycles. The second-order valence-electron chi connectivity index (χ2n) is 6.35. The summed E-state index contributed by atoms with van der Waals surface area (Å²) in [5.74, 6) is 0. The largest absolute Gasteiger partial charge is 0.307 e. The molecular formula is C19H28N2. The smallest absolute Gasteiger partial charge is 0.0243 e. The zero-order chi connectivity index (χ0) is 15.1. The predicted molar refractivity (Wildman–Crippen MR) is 91.3 cm³/mol. The van der Waals surface area contributed by atoms with Crippen molar-refractivity contribution in [3.8, 4) is 0 Å². The van der Waals surface area contributed by atoms with Crippen molar-refractivity contribution in [3.05, 3.63) is 60.7 Å². The fourth-order valence-electron chi connectivity index (χ4n) is 3.05. The van der Waals surface area contributed by atoms with Crippen LogP contribution in [0, 0.1) is 0 Å². The first-order valence-corrected chi connectivity index (χ1v) is 7.90. The van der Waals surface area contributed by atoms with Gasteiger partial charge in [0.1, 0.15) is 0 Å². The Morgan fingerprint density at radius 2 is 1.95 bits per heavy atom. The molecule has 1 aliphatic rings. The van der Waals surface area contributed by atoms with Gasteiger partial charge in [0.2, 0.25) is 0 Å². The first-order valence-electron chi connectivity index (χ1n) is 7.90. The Balaban J connectivity index is 1.89. The maximum Gasteiger partial charge on any atom is 0.0243 e. The van der Waals surface area contributed by atoms with E-state index in [0.717, 1.165) is 32.6 Å². The highest BCUT2D eigenvalue weighted by molar-refractivity contribution is 5.14. The van der Waals surface area contributed by atoms with E-state index in [1.54, 1.807) is 0 Å². The van der Waals surface area contributed by atoms with Gasteiger partial charge in [-0.1, -0.05) is 48.6 Å². The van der Waals surface area contributed by atoms with Crippen LogP contribution in [0.25, 0.3) is 0 Å². The Hall–Kier alpha value is -1.38. The van der Waals surface area contributed by atoms with Crippen molar-refractivity contribution >= 4 is 0 Å². The van der Waals surface area contributed by atoms with Crippen LogP contribution in [0.3, 0.4) is 0 Å². The molecule has 1 N–H and O–H groups in total. The molecule has 0 radical (unpaired) electrons. The molecule has 0 amide bonds. The molecule has 1 aromatic rings. The zero-order valence-corrected chi connectivity index (χ0v) is 13.3. The van der Waals surface area contributed by atoms with Crippen molar-refractivity contribution in [2.45, 2.75) is 38.3 Å². The lowest BCUT2D eigenvalue weighted by Crippen LogP contribution is -2.53. The first-order chi connectivity index (χ1) is 10.1. The van der Waals surface area contributed by atoms with Gasteiger partial charge in [-0.3, -0.25) is 4.90 Å². The van der Waals surface area contributed by atoms with Gasteiger partial charge in [-0.15, -0.1) is 6.58 Å². The van der Waals surface area contributed by atoms with Crippen LogP contribution >= 0.6 is 0 Å². The minimum absolute atomic E-state index is 0.216. The van der Waals surface area contributed by atoms with Crippen LogP contribution in [0.1, 0.15) is 31.7 Å². The third-order valence-electron chi connectivity index (χ3n) is 4.36. The summed E-state index contributed by atoms with van der Waals surface area (Å²) in [6, 6.07) is 10.7. The molecule has 21 heavy (non-hydrogen) atoms. The molecule has 0 unspecified atom stereocenters. The van der Waals surface area contributed by atoms with Crippen LogP contribution in [0.2, 0.25) is 0 Å². The molecule has 1 fully saturated rings. The van der Waals surface area contributed by atoms with E-state index in [4.69, 9.17) is 0 Å². The van der Waals surface area contributed by atoms with Crippen molar-refractivity contribution in [2.24, 2.45) is 0 Å². The summed E-state index contributed by atoms with van der Waals surface area (Å²) in [5, 5.41) is 3.72. The van der Waals surface area contributed by atoms with Gasteiger partial charge >= 0.3 is 0 Å². The van der Waals surface area contributed by atoms with Gasteiger partial charge in [0, 0.05) is 31.7 Å². The van der Waals surface area contributed by atoms with Crippen molar-refractivity contribution in [3.63, 3.8) is 0 Å². The molecule has 0 bridgehead atoms. The van der Waals surface area contributed by atoms with Gasteiger partial charge in [-0.05, 0) is 31.7 Å². The van der Waals surface area contributed by atoms with Crippen LogP contribution < -0.4 is 5.32 Å². The standard InChI is InChI=1S/C19H28N2/c1-4-10-19(20-15-17(2)3)11-13-21(14-12-19)16-18-8-6-5-7-9-18/h4-9,20H,1-2,10-16H2,3H3. The Kier molecular flexibility index (Phi) is 5.77. The summed E-state index contributed by atoms with van der Waals surface area (Å²) in [4.78, 5) is 2.55. The number of piperidine rings is 1. The van der Waals surface area contributed by atoms with E-state index in [-0.39, 0.29) is 5.54 Å². The van der Waals surface area contributed by atoms with Crippen molar-refractivity contribution in [2.75, 3.05) is 19.6 Å². The molecule has 0 atom stereocenters. The molecule has 1 aliphatic heterocycles. The fourth-order valence-corrected chi connectivity index (χ4v) is 3.05. The lowest BCUT2D eigenvalue weighted by molar-refractivity contribution is 0.133. The molecule has 1 heterocycles. The van der Waals surface area contributed by atoms with Crippen LogP contribution in [0.5, 0.6) is 0 Å². The van der Waals surface area contributed by atoms with Crippen LogP contribution in [-0.2, 0) is 6.54 Å². The SMILES string of the molecule is C=CCC1(NCC(=C)C)CCN(Cc2ccccc2)CC1. The van der Waals surface area contributed by atoms with Crippen molar-refractivity contribution in [1.82, 2.24) is 10.2 Å². The maximum absolute atomic E-state index is 4.00. The predicted octanol–water partition coefficient (Wildman–Crippen LogP) is 3.76. The average molecular weight is 284 g/mol. The van der Waals surface area contributed by atoms with Gasteiger partial charge in [0.15, 0.2) is 0 Å². The normalized spacial score (nSPS) is 18.3. The molecule has 0 aliphatic carbocycles. The summed E-state index contributed by atoms with van der Waals surface area (Å²) in [5.41, 5.74) is 2.82. The van der Waals surface area contributed by atoms with Gasteiger partial charge in [-0.2, -0.15) is 0 Å². The Morgan fingerprint density at radius 1 is 1.29 bits per heavy atom. The number of hydrogen-bond donors (Lipinski definition) is 1. The topological polar surface area (TPSA) is 15.3 Å². The Labute approximate surface area is 129 Å². The minimum Gasteiger partial charge on any atom is -0.307 e. The highest BCUT2D eigenvalue weighted by Crippen LogP contribution is 2.27. The highest BCUT2D eigenvalue weighted by Gasteiger charge is 2.32. The number of nitrogens with one attached hydrogen (secondary N) is 1. The molecule has 2 rings (SSSR count). The van der Waals surface area contributed by atoms with Crippen molar-refractivity contribution < 1.29 is 0 Å². The number of rotatable bonds is 7. The second kappa shape index (κ2) is 7.58. The molecule has 0 aromatic heterocycles. The monoisotopic (exact) mass is 284 g/mol. The summed E-state index contributed by atoms with van der Waals surface area (Å²) in [6.07, 6.45) is 5.45. The summed E-state index contributed by atoms with van der Waals surface area (Å²) < 4.78 is 0. The number of likely N-dealkylation sites (tertiary alicyclic amines) is 1. The summed E-state index contributed by atoms with van der Waals surface area (Å²) >= 11 is 0. The molecule has 0 saturated carbocycles. The van der Waals surface area contributed by atoms with E-state index in [1.165, 1.54) is 24.0 Å².